The monoisotopic (exact) mass is 192 g/mol. The lowest BCUT2D eigenvalue weighted by atomic mass is 9.89. The van der Waals surface area contributed by atoms with E-state index in [-0.39, 0.29) is 6.10 Å². The zero-order valence-electron chi connectivity index (χ0n) is 8.44. The minimum absolute atomic E-state index is 0.0510. The van der Waals surface area contributed by atoms with Crippen LogP contribution in [0.5, 0.6) is 0 Å². The van der Waals surface area contributed by atoms with Crippen LogP contribution in [0.1, 0.15) is 25.3 Å². The van der Waals surface area contributed by atoms with Gasteiger partial charge in [-0.15, -0.1) is 0 Å². The number of benzene rings is 1. The third-order valence-corrected chi connectivity index (χ3v) is 2.91. The van der Waals surface area contributed by atoms with E-state index in [0.29, 0.717) is 0 Å². The van der Waals surface area contributed by atoms with E-state index in [1.165, 1.54) is 0 Å². The molecule has 0 bridgehead atoms. The SMILES string of the molecule is CC(O)(c1ccccc1)C1CCCO1. The van der Waals surface area contributed by atoms with Gasteiger partial charge in [0.15, 0.2) is 0 Å². The van der Waals surface area contributed by atoms with Crippen LogP contribution in [-0.4, -0.2) is 17.8 Å². The van der Waals surface area contributed by atoms with Crippen LogP contribution in [0.2, 0.25) is 0 Å². The Morgan fingerprint density at radius 2 is 2.07 bits per heavy atom. The third kappa shape index (κ3) is 1.68. The first-order chi connectivity index (χ1) is 6.71. The summed E-state index contributed by atoms with van der Waals surface area (Å²) in [5, 5.41) is 10.4. The average molecular weight is 192 g/mol. The summed E-state index contributed by atoms with van der Waals surface area (Å²) in [6.45, 7) is 2.60. The molecule has 1 heterocycles. The Hall–Kier alpha value is -0.860. The lowest BCUT2D eigenvalue weighted by Crippen LogP contribution is -2.35. The summed E-state index contributed by atoms with van der Waals surface area (Å²) in [5.74, 6) is 0. The van der Waals surface area contributed by atoms with E-state index in [1.54, 1.807) is 0 Å². The molecule has 2 nitrogen and oxygen atoms in total. The molecule has 1 N–H and O–H groups in total. The molecule has 2 heteroatoms. The van der Waals surface area contributed by atoms with Crippen molar-refractivity contribution in [2.24, 2.45) is 0 Å². The summed E-state index contributed by atoms with van der Waals surface area (Å²) < 4.78 is 5.52. The first-order valence-corrected chi connectivity index (χ1v) is 5.11. The topological polar surface area (TPSA) is 29.5 Å². The largest absolute Gasteiger partial charge is 0.383 e. The first kappa shape index (κ1) is 9.69. The van der Waals surface area contributed by atoms with Crippen molar-refractivity contribution in [1.29, 1.82) is 0 Å². The van der Waals surface area contributed by atoms with Gasteiger partial charge in [-0.1, -0.05) is 30.3 Å². The van der Waals surface area contributed by atoms with Gasteiger partial charge in [-0.3, -0.25) is 0 Å². The van der Waals surface area contributed by atoms with E-state index in [9.17, 15) is 5.11 Å². The number of hydrogen-bond acceptors (Lipinski definition) is 2. The molecule has 14 heavy (non-hydrogen) atoms. The van der Waals surface area contributed by atoms with Crippen molar-refractivity contribution in [2.45, 2.75) is 31.5 Å². The highest BCUT2D eigenvalue weighted by atomic mass is 16.5. The highest BCUT2D eigenvalue weighted by molar-refractivity contribution is 5.23. The second-order valence-corrected chi connectivity index (χ2v) is 4.02. The summed E-state index contributed by atoms with van der Waals surface area (Å²) in [4.78, 5) is 0. The van der Waals surface area contributed by atoms with Crippen LogP contribution in [0.3, 0.4) is 0 Å². The van der Waals surface area contributed by atoms with Crippen LogP contribution < -0.4 is 0 Å². The van der Waals surface area contributed by atoms with Gasteiger partial charge in [0, 0.05) is 6.61 Å². The minimum Gasteiger partial charge on any atom is -0.383 e. The van der Waals surface area contributed by atoms with Gasteiger partial charge in [-0.2, -0.15) is 0 Å². The molecule has 1 saturated heterocycles. The van der Waals surface area contributed by atoms with Crippen molar-refractivity contribution in [1.82, 2.24) is 0 Å². The Balaban J connectivity index is 2.22. The van der Waals surface area contributed by atoms with Gasteiger partial charge in [0.05, 0.1) is 6.10 Å². The van der Waals surface area contributed by atoms with Gasteiger partial charge in [0.25, 0.3) is 0 Å². The van der Waals surface area contributed by atoms with Gasteiger partial charge < -0.3 is 9.84 Å². The maximum Gasteiger partial charge on any atom is 0.113 e. The molecule has 2 unspecified atom stereocenters. The standard InChI is InChI=1S/C12H16O2/c1-12(13,11-8-5-9-14-11)10-6-3-2-4-7-10/h2-4,6-7,11,13H,5,8-9H2,1H3. The molecular formula is C12H16O2. The molecule has 1 aliphatic rings. The molecule has 1 aromatic rings. The smallest absolute Gasteiger partial charge is 0.113 e. The highest BCUT2D eigenvalue weighted by Gasteiger charge is 2.36. The predicted octanol–water partition coefficient (Wildman–Crippen LogP) is 2.07. The van der Waals surface area contributed by atoms with Crippen LogP contribution in [0.4, 0.5) is 0 Å². The van der Waals surface area contributed by atoms with Crippen molar-refractivity contribution >= 4 is 0 Å². The van der Waals surface area contributed by atoms with Gasteiger partial charge in [-0.05, 0) is 25.3 Å². The second kappa shape index (κ2) is 3.71. The third-order valence-electron chi connectivity index (χ3n) is 2.91. The summed E-state index contributed by atoms with van der Waals surface area (Å²) in [6, 6.07) is 9.73. The molecule has 2 rings (SSSR count). The minimum atomic E-state index is -0.849. The Kier molecular flexibility index (Phi) is 2.57. The van der Waals surface area contributed by atoms with Crippen LogP contribution in [0.15, 0.2) is 30.3 Å². The quantitative estimate of drug-likeness (QED) is 0.777. The molecule has 0 aromatic heterocycles. The van der Waals surface area contributed by atoms with Crippen molar-refractivity contribution in [3.8, 4) is 0 Å². The Morgan fingerprint density at radius 3 is 2.64 bits per heavy atom. The molecule has 0 saturated carbocycles. The fourth-order valence-corrected chi connectivity index (χ4v) is 1.98. The molecule has 76 valence electrons. The van der Waals surface area contributed by atoms with Gasteiger partial charge >= 0.3 is 0 Å². The molecule has 0 aliphatic carbocycles. The lowest BCUT2D eigenvalue weighted by Gasteiger charge is -2.29. The number of hydrogen-bond donors (Lipinski definition) is 1. The van der Waals surface area contributed by atoms with Gasteiger partial charge in [0.2, 0.25) is 0 Å². The Labute approximate surface area is 84.5 Å². The fourth-order valence-electron chi connectivity index (χ4n) is 1.98. The molecule has 1 fully saturated rings. The van der Waals surface area contributed by atoms with Crippen molar-refractivity contribution in [2.75, 3.05) is 6.61 Å². The molecular weight excluding hydrogens is 176 g/mol. The summed E-state index contributed by atoms with van der Waals surface area (Å²) in [5.41, 5.74) is 0.0875. The molecule has 1 aromatic carbocycles. The highest BCUT2D eigenvalue weighted by Crippen LogP contribution is 2.32. The second-order valence-electron chi connectivity index (χ2n) is 4.02. The zero-order valence-corrected chi connectivity index (χ0v) is 8.44. The summed E-state index contributed by atoms with van der Waals surface area (Å²) in [7, 11) is 0. The fraction of sp³-hybridized carbons (Fsp3) is 0.500. The van der Waals surface area contributed by atoms with Crippen LogP contribution >= 0.6 is 0 Å². The lowest BCUT2D eigenvalue weighted by molar-refractivity contribution is -0.0774. The van der Waals surface area contributed by atoms with Crippen molar-refractivity contribution < 1.29 is 9.84 Å². The van der Waals surface area contributed by atoms with Crippen molar-refractivity contribution in [3.63, 3.8) is 0 Å². The number of ether oxygens (including phenoxy) is 1. The molecule has 0 amide bonds. The van der Waals surface area contributed by atoms with Gasteiger partial charge in [-0.25, -0.2) is 0 Å². The Bertz CT molecular complexity index is 286. The molecule has 0 spiro atoms. The zero-order chi connectivity index (χ0) is 10.0. The molecule has 0 radical (unpaired) electrons. The number of rotatable bonds is 2. The van der Waals surface area contributed by atoms with E-state index in [0.717, 1.165) is 25.0 Å². The maximum atomic E-state index is 10.4. The van der Waals surface area contributed by atoms with Crippen molar-refractivity contribution in [3.05, 3.63) is 35.9 Å². The molecule has 1 aliphatic heterocycles. The summed E-state index contributed by atoms with van der Waals surface area (Å²) in [6.07, 6.45) is 1.94. The predicted molar refractivity (Wildman–Crippen MR) is 55.0 cm³/mol. The van der Waals surface area contributed by atoms with Gasteiger partial charge in [0.1, 0.15) is 5.60 Å². The summed E-state index contributed by atoms with van der Waals surface area (Å²) >= 11 is 0. The Morgan fingerprint density at radius 1 is 1.36 bits per heavy atom. The average Bonchev–Trinajstić information content (AvgIpc) is 2.72. The first-order valence-electron chi connectivity index (χ1n) is 5.11. The van der Waals surface area contributed by atoms with E-state index < -0.39 is 5.60 Å². The normalized spacial score (nSPS) is 26.0. The van der Waals surface area contributed by atoms with Crippen LogP contribution in [-0.2, 0) is 10.3 Å². The van der Waals surface area contributed by atoms with Crippen LogP contribution in [0, 0.1) is 0 Å². The molecule has 2 atom stereocenters. The number of aliphatic hydroxyl groups is 1. The van der Waals surface area contributed by atoms with E-state index in [1.807, 2.05) is 37.3 Å². The maximum absolute atomic E-state index is 10.4. The van der Waals surface area contributed by atoms with E-state index in [2.05, 4.69) is 0 Å². The van der Waals surface area contributed by atoms with E-state index in [4.69, 9.17) is 4.74 Å². The van der Waals surface area contributed by atoms with Crippen LogP contribution in [0.25, 0.3) is 0 Å². The van der Waals surface area contributed by atoms with E-state index >= 15 is 0 Å².